The second-order valence-corrected chi connectivity index (χ2v) is 5.31. The Kier molecular flexibility index (Phi) is 3.78. The molecule has 1 aliphatic heterocycles. The Morgan fingerprint density at radius 2 is 1.89 bits per heavy atom. The third kappa shape index (κ3) is 3.37. The molecule has 0 unspecified atom stereocenters. The summed E-state index contributed by atoms with van der Waals surface area (Å²) in [6, 6.07) is 8.52. The monoisotopic (exact) mass is 250 g/mol. The van der Waals surface area contributed by atoms with Gasteiger partial charge in [0.2, 0.25) is 0 Å². The standard InChI is InChI=1S/C14H22N2O2/c1-14(2)17-9-12(10-18-14)15-11-6-5-7-13(8-11)16(3)4/h5-8,12,15H,9-10H2,1-4H3. The summed E-state index contributed by atoms with van der Waals surface area (Å²) < 4.78 is 11.3. The number of ether oxygens (including phenoxy) is 2. The summed E-state index contributed by atoms with van der Waals surface area (Å²) in [6.07, 6.45) is 0. The summed E-state index contributed by atoms with van der Waals surface area (Å²) in [5.41, 5.74) is 2.27. The van der Waals surface area contributed by atoms with Crippen LogP contribution >= 0.6 is 0 Å². The van der Waals surface area contributed by atoms with Crippen LogP contribution in [0.3, 0.4) is 0 Å². The van der Waals surface area contributed by atoms with Crippen molar-refractivity contribution in [1.29, 1.82) is 0 Å². The molecule has 0 atom stereocenters. The fourth-order valence-electron chi connectivity index (χ4n) is 1.89. The van der Waals surface area contributed by atoms with Crippen molar-refractivity contribution < 1.29 is 9.47 Å². The highest BCUT2D eigenvalue weighted by Gasteiger charge is 2.28. The molecular formula is C14H22N2O2. The zero-order chi connectivity index (χ0) is 13.2. The van der Waals surface area contributed by atoms with Crippen LogP contribution in [0.2, 0.25) is 0 Å². The van der Waals surface area contributed by atoms with Crippen LogP contribution in [0.1, 0.15) is 13.8 Å². The minimum Gasteiger partial charge on any atom is -0.378 e. The highest BCUT2D eigenvalue weighted by Crippen LogP contribution is 2.22. The Morgan fingerprint density at radius 1 is 1.22 bits per heavy atom. The minimum absolute atomic E-state index is 0.204. The zero-order valence-corrected chi connectivity index (χ0v) is 11.6. The predicted octanol–water partition coefficient (Wildman–Crippen LogP) is 2.32. The zero-order valence-electron chi connectivity index (χ0n) is 11.6. The van der Waals surface area contributed by atoms with Crippen LogP contribution in [0.5, 0.6) is 0 Å². The SMILES string of the molecule is CN(C)c1cccc(NC2COC(C)(C)OC2)c1. The molecule has 0 aromatic heterocycles. The van der Waals surface area contributed by atoms with Crippen molar-refractivity contribution in [2.75, 3.05) is 37.5 Å². The van der Waals surface area contributed by atoms with Gasteiger partial charge >= 0.3 is 0 Å². The Hall–Kier alpha value is -1.26. The van der Waals surface area contributed by atoms with Gasteiger partial charge in [0.1, 0.15) is 0 Å². The van der Waals surface area contributed by atoms with Crippen molar-refractivity contribution in [2.45, 2.75) is 25.7 Å². The lowest BCUT2D eigenvalue weighted by molar-refractivity contribution is -0.247. The Bertz CT molecular complexity index is 395. The van der Waals surface area contributed by atoms with Gasteiger partial charge in [-0.05, 0) is 32.0 Å². The predicted molar refractivity (Wildman–Crippen MR) is 74.2 cm³/mol. The topological polar surface area (TPSA) is 33.7 Å². The number of benzene rings is 1. The number of rotatable bonds is 3. The van der Waals surface area contributed by atoms with Crippen molar-refractivity contribution in [3.05, 3.63) is 24.3 Å². The van der Waals surface area contributed by atoms with Gasteiger partial charge in [0.25, 0.3) is 0 Å². The summed E-state index contributed by atoms with van der Waals surface area (Å²) in [5, 5.41) is 3.44. The number of anilines is 2. The molecule has 1 N–H and O–H groups in total. The molecule has 1 heterocycles. The smallest absolute Gasteiger partial charge is 0.162 e. The van der Waals surface area contributed by atoms with E-state index in [1.165, 1.54) is 5.69 Å². The first-order valence-electron chi connectivity index (χ1n) is 6.28. The van der Waals surface area contributed by atoms with E-state index < -0.39 is 5.79 Å². The van der Waals surface area contributed by atoms with Gasteiger partial charge in [0.05, 0.1) is 19.3 Å². The molecule has 0 bridgehead atoms. The summed E-state index contributed by atoms with van der Waals surface area (Å²) in [6.45, 7) is 5.21. The van der Waals surface area contributed by atoms with Crippen molar-refractivity contribution in [1.82, 2.24) is 0 Å². The second kappa shape index (κ2) is 5.16. The first-order chi connectivity index (χ1) is 8.46. The van der Waals surface area contributed by atoms with E-state index in [9.17, 15) is 0 Å². The van der Waals surface area contributed by atoms with Crippen molar-refractivity contribution >= 4 is 11.4 Å². The van der Waals surface area contributed by atoms with Crippen molar-refractivity contribution in [3.63, 3.8) is 0 Å². The molecule has 1 saturated heterocycles. The number of hydrogen-bond acceptors (Lipinski definition) is 4. The average molecular weight is 250 g/mol. The van der Waals surface area contributed by atoms with Gasteiger partial charge in [0.15, 0.2) is 5.79 Å². The molecule has 1 aliphatic rings. The molecular weight excluding hydrogens is 228 g/mol. The molecule has 0 spiro atoms. The maximum absolute atomic E-state index is 5.63. The van der Waals surface area contributed by atoms with Crippen LogP contribution in [0.25, 0.3) is 0 Å². The molecule has 4 nitrogen and oxygen atoms in total. The highest BCUT2D eigenvalue weighted by atomic mass is 16.7. The van der Waals surface area contributed by atoms with E-state index in [2.05, 4.69) is 28.4 Å². The molecule has 18 heavy (non-hydrogen) atoms. The van der Waals surface area contributed by atoms with Gasteiger partial charge in [0, 0.05) is 25.5 Å². The summed E-state index contributed by atoms with van der Waals surface area (Å²) >= 11 is 0. The summed E-state index contributed by atoms with van der Waals surface area (Å²) in [7, 11) is 4.07. The van der Waals surface area contributed by atoms with Crippen LogP contribution < -0.4 is 10.2 Å². The molecule has 0 aliphatic carbocycles. The van der Waals surface area contributed by atoms with Gasteiger partial charge in [-0.2, -0.15) is 0 Å². The quantitative estimate of drug-likeness (QED) is 0.892. The normalized spacial score (nSPS) is 19.6. The van der Waals surface area contributed by atoms with E-state index in [4.69, 9.17) is 9.47 Å². The largest absolute Gasteiger partial charge is 0.378 e. The fourth-order valence-corrected chi connectivity index (χ4v) is 1.89. The lowest BCUT2D eigenvalue weighted by Gasteiger charge is -2.35. The van der Waals surface area contributed by atoms with Crippen LogP contribution in [-0.4, -0.2) is 39.1 Å². The van der Waals surface area contributed by atoms with E-state index in [1.807, 2.05) is 34.0 Å². The average Bonchev–Trinajstić information content (AvgIpc) is 2.32. The molecule has 1 fully saturated rings. The van der Waals surface area contributed by atoms with Crippen LogP contribution in [0, 0.1) is 0 Å². The molecule has 1 aromatic rings. The number of nitrogens with one attached hydrogen (secondary N) is 1. The van der Waals surface area contributed by atoms with Crippen molar-refractivity contribution in [2.24, 2.45) is 0 Å². The van der Waals surface area contributed by atoms with Crippen LogP contribution in [-0.2, 0) is 9.47 Å². The summed E-state index contributed by atoms with van der Waals surface area (Å²) in [5.74, 6) is -0.455. The van der Waals surface area contributed by atoms with Gasteiger partial charge in [-0.25, -0.2) is 0 Å². The molecule has 0 radical (unpaired) electrons. The van der Waals surface area contributed by atoms with E-state index in [-0.39, 0.29) is 6.04 Å². The van der Waals surface area contributed by atoms with Crippen LogP contribution in [0.15, 0.2) is 24.3 Å². The first kappa shape index (κ1) is 13.2. The number of hydrogen-bond donors (Lipinski definition) is 1. The maximum Gasteiger partial charge on any atom is 0.162 e. The van der Waals surface area contributed by atoms with E-state index in [0.29, 0.717) is 13.2 Å². The Labute approximate surface area is 109 Å². The Morgan fingerprint density at radius 3 is 2.50 bits per heavy atom. The van der Waals surface area contributed by atoms with E-state index >= 15 is 0 Å². The van der Waals surface area contributed by atoms with E-state index in [0.717, 1.165) is 5.69 Å². The second-order valence-electron chi connectivity index (χ2n) is 5.31. The summed E-state index contributed by atoms with van der Waals surface area (Å²) in [4.78, 5) is 2.09. The highest BCUT2D eigenvalue weighted by molar-refractivity contribution is 5.57. The lowest BCUT2D eigenvalue weighted by Crippen LogP contribution is -2.45. The van der Waals surface area contributed by atoms with Crippen molar-refractivity contribution in [3.8, 4) is 0 Å². The van der Waals surface area contributed by atoms with Crippen LogP contribution in [0.4, 0.5) is 11.4 Å². The van der Waals surface area contributed by atoms with Gasteiger partial charge in [-0.1, -0.05) is 6.07 Å². The van der Waals surface area contributed by atoms with E-state index in [1.54, 1.807) is 0 Å². The molecule has 4 heteroatoms. The van der Waals surface area contributed by atoms with Gasteiger partial charge < -0.3 is 19.7 Å². The first-order valence-corrected chi connectivity index (χ1v) is 6.28. The van der Waals surface area contributed by atoms with Gasteiger partial charge in [-0.15, -0.1) is 0 Å². The van der Waals surface area contributed by atoms with Gasteiger partial charge in [-0.3, -0.25) is 0 Å². The molecule has 0 saturated carbocycles. The third-order valence-electron chi connectivity index (χ3n) is 3.00. The molecule has 100 valence electrons. The molecule has 2 rings (SSSR count). The third-order valence-corrected chi connectivity index (χ3v) is 3.00. The Balaban J connectivity index is 1.96. The lowest BCUT2D eigenvalue weighted by atomic mass is 10.2. The molecule has 1 aromatic carbocycles. The molecule has 0 amide bonds. The fraction of sp³-hybridized carbons (Fsp3) is 0.571. The minimum atomic E-state index is -0.455. The number of nitrogens with zero attached hydrogens (tertiary/aromatic N) is 1. The maximum atomic E-state index is 5.63.